The van der Waals surface area contributed by atoms with E-state index in [0.29, 0.717) is 18.9 Å². The molecule has 1 unspecified atom stereocenters. The number of carbonyl (C=O) groups excluding carboxylic acids is 1. The first-order valence-corrected chi connectivity index (χ1v) is 6.60. The minimum absolute atomic E-state index is 0.0426. The van der Waals surface area contributed by atoms with E-state index in [-0.39, 0.29) is 18.5 Å². The molecule has 0 aromatic carbocycles. The van der Waals surface area contributed by atoms with Crippen LogP contribution in [0.4, 0.5) is 0 Å². The fraction of sp³-hybridized carbons (Fsp3) is 0.615. The van der Waals surface area contributed by atoms with Crippen molar-refractivity contribution in [2.45, 2.75) is 32.9 Å². The van der Waals surface area contributed by atoms with Crippen molar-refractivity contribution in [1.29, 1.82) is 0 Å². The molecule has 0 fully saturated rings. The average molecular weight is 282 g/mol. The highest BCUT2D eigenvalue weighted by Crippen LogP contribution is 2.03. The normalized spacial score (nSPS) is 12.4. The lowest BCUT2D eigenvalue weighted by molar-refractivity contribution is -0.130. The van der Waals surface area contributed by atoms with E-state index in [1.165, 1.54) is 16.8 Å². The van der Waals surface area contributed by atoms with E-state index in [2.05, 4.69) is 4.98 Å². The van der Waals surface area contributed by atoms with E-state index in [1.807, 2.05) is 13.8 Å². The van der Waals surface area contributed by atoms with Crippen molar-refractivity contribution in [1.82, 2.24) is 14.5 Å². The van der Waals surface area contributed by atoms with Gasteiger partial charge in [-0.1, -0.05) is 13.8 Å². The average Bonchev–Trinajstić information content (AvgIpc) is 2.38. The highest BCUT2D eigenvalue weighted by Gasteiger charge is 2.13. The Kier molecular flexibility index (Phi) is 5.69. The van der Waals surface area contributed by atoms with Gasteiger partial charge in [0.05, 0.1) is 0 Å². The predicted molar refractivity (Wildman–Crippen MR) is 76.4 cm³/mol. The molecule has 1 aromatic rings. The molecule has 3 N–H and O–H groups in total. The molecule has 0 aliphatic carbocycles. The van der Waals surface area contributed by atoms with E-state index >= 15 is 0 Å². The number of nitrogens with one attached hydrogen (secondary N) is 1. The van der Waals surface area contributed by atoms with Gasteiger partial charge in [-0.25, -0.2) is 4.79 Å². The van der Waals surface area contributed by atoms with Crippen molar-refractivity contribution in [3.63, 3.8) is 0 Å². The van der Waals surface area contributed by atoms with Gasteiger partial charge in [0.1, 0.15) is 6.54 Å². The van der Waals surface area contributed by atoms with E-state index < -0.39 is 11.2 Å². The largest absolute Gasteiger partial charge is 0.344 e. The van der Waals surface area contributed by atoms with Crippen LogP contribution in [0.5, 0.6) is 0 Å². The van der Waals surface area contributed by atoms with Crippen molar-refractivity contribution >= 4 is 5.91 Å². The number of rotatable bonds is 6. The van der Waals surface area contributed by atoms with E-state index in [0.717, 1.165) is 0 Å². The summed E-state index contributed by atoms with van der Waals surface area (Å²) in [5.74, 6) is 0.162. The van der Waals surface area contributed by atoms with Crippen LogP contribution in [0.15, 0.2) is 21.9 Å². The van der Waals surface area contributed by atoms with Crippen molar-refractivity contribution < 1.29 is 4.79 Å². The van der Waals surface area contributed by atoms with Gasteiger partial charge in [0, 0.05) is 31.9 Å². The molecular formula is C13H22N4O3. The Morgan fingerprint density at radius 2 is 2.10 bits per heavy atom. The molecule has 0 radical (unpaired) electrons. The standard InChI is InChI=1S/C13H22N4O3/c1-9(2)10(14)4-6-16(3)12(19)8-17-7-5-11(18)15-13(17)20/h5,7,9-10H,4,6,8,14H2,1-3H3,(H,15,18,20). The summed E-state index contributed by atoms with van der Waals surface area (Å²) in [5.41, 5.74) is 4.86. The highest BCUT2D eigenvalue weighted by atomic mass is 16.2. The number of amides is 1. The van der Waals surface area contributed by atoms with Gasteiger partial charge in [0.15, 0.2) is 0 Å². The zero-order valence-corrected chi connectivity index (χ0v) is 12.1. The van der Waals surface area contributed by atoms with Crippen LogP contribution in [0.25, 0.3) is 0 Å². The number of nitrogens with zero attached hydrogens (tertiary/aromatic N) is 2. The fourth-order valence-corrected chi connectivity index (χ4v) is 1.64. The Hall–Kier alpha value is -1.89. The number of H-pyrrole nitrogens is 1. The van der Waals surface area contributed by atoms with E-state index in [4.69, 9.17) is 5.73 Å². The zero-order valence-electron chi connectivity index (χ0n) is 12.1. The smallest absolute Gasteiger partial charge is 0.328 e. The van der Waals surface area contributed by atoms with Gasteiger partial charge in [0.2, 0.25) is 5.91 Å². The van der Waals surface area contributed by atoms with Crippen LogP contribution in [0.2, 0.25) is 0 Å². The molecule has 20 heavy (non-hydrogen) atoms. The van der Waals surface area contributed by atoms with Gasteiger partial charge >= 0.3 is 5.69 Å². The molecule has 0 bridgehead atoms. The van der Waals surface area contributed by atoms with Crippen LogP contribution in [0.3, 0.4) is 0 Å². The molecule has 0 saturated heterocycles. The molecule has 112 valence electrons. The zero-order chi connectivity index (χ0) is 15.3. The van der Waals surface area contributed by atoms with Crippen LogP contribution in [-0.2, 0) is 11.3 Å². The molecular weight excluding hydrogens is 260 g/mol. The maximum absolute atomic E-state index is 12.0. The number of likely N-dealkylation sites (N-methyl/N-ethyl adjacent to an activating group) is 1. The summed E-state index contributed by atoms with van der Waals surface area (Å²) < 4.78 is 1.17. The first-order valence-electron chi connectivity index (χ1n) is 6.60. The van der Waals surface area contributed by atoms with Crippen LogP contribution in [0, 0.1) is 5.92 Å². The Labute approximate surface area is 117 Å². The van der Waals surface area contributed by atoms with Crippen molar-refractivity contribution in [3.05, 3.63) is 33.1 Å². The van der Waals surface area contributed by atoms with Gasteiger partial charge in [-0.05, 0) is 12.3 Å². The molecule has 1 rings (SSSR count). The molecule has 0 spiro atoms. The van der Waals surface area contributed by atoms with Crippen LogP contribution >= 0.6 is 0 Å². The summed E-state index contributed by atoms with van der Waals surface area (Å²) in [7, 11) is 1.67. The molecule has 1 amide bonds. The van der Waals surface area contributed by atoms with E-state index in [9.17, 15) is 14.4 Å². The molecule has 1 atom stereocenters. The third-order valence-electron chi connectivity index (χ3n) is 3.28. The lowest BCUT2D eigenvalue weighted by atomic mass is 10.0. The maximum Gasteiger partial charge on any atom is 0.328 e. The fourth-order valence-electron chi connectivity index (χ4n) is 1.64. The molecule has 0 saturated carbocycles. The topological polar surface area (TPSA) is 101 Å². The lowest BCUT2D eigenvalue weighted by Gasteiger charge is -2.21. The van der Waals surface area contributed by atoms with Gasteiger partial charge < -0.3 is 10.6 Å². The van der Waals surface area contributed by atoms with Gasteiger partial charge in [-0.15, -0.1) is 0 Å². The number of nitrogens with two attached hydrogens (primary N) is 1. The van der Waals surface area contributed by atoms with Gasteiger partial charge in [-0.3, -0.25) is 19.1 Å². The number of carbonyl (C=O) groups is 1. The Bertz CT molecular complexity index is 561. The number of hydrogen-bond donors (Lipinski definition) is 2. The summed E-state index contributed by atoms with van der Waals surface area (Å²) in [5, 5.41) is 0. The summed E-state index contributed by atoms with van der Waals surface area (Å²) in [4.78, 5) is 38.0. The van der Waals surface area contributed by atoms with Crippen molar-refractivity contribution in [3.8, 4) is 0 Å². The van der Waals surface area contributed by atoms with Crippen LogP contribution < -0.4 is 17.0 Å². The van der Waals surface area contributed by atoms with E-state index in [1.54, 1.807) is 11.9 Å². The summed E-state index contributed by atoms with van der Waals surface area (Å²) in [6, 6.07) is 1.25. The molecule has 1 aromatic heterocycles. The Balaban J connectivity index is 2.57. The third kappa shape index (κ3) is 4.65. The SMILES string of the molecule is CC(C)C(N)CCN(C)C(=O)Cn1ccc(=O)[nH]c1=O. The first-order chi connectivity index (χ1) is 9.31. The van der Waals surface area contributed by atoms with Gasteiger partial charge in [0.25, 0.3) is 5.56 Å². The predicted octanol–water partition coefficient (Wildman–Crippen LogP) is -0.632. The molecule has 7 heteroatoms. The van der Waals surface area contributed by atoms with Gasteiger partial charge in [-0.2, -0.15) is 0 Å². The monoisotopic (exact) mass is 282 g/mol. The quantitative estimate of drug-likeness (QED) is 0.725. The lowest BCUT2D eigenvalue weighted by Crippen LogP contribution is -2.38. The second-order valence-corrected chi connectivity index (χ2v) is 5.25. The number of aromatic nitrogens is 2. The summed E-state index contributed by atoms with van der Waals surface area (Å²) in [6.45, 7) is 4.51. The van der Waals surface area contributed by atoms with Crippen LogP contribution in [0.1, 0.15) is 20.3 Å². The number of hydrogen-bond acceptors (Lipinski definition) is 4. The summed E-state index contributed by atoms with van der Waals surface area (Å²) in [6.07, 6.45) is 2.02. The number of aromatic amines is 1. The summed E-state index contributed by atoms with van der Waals surface area (Å²) >= 11 is 0. The molecule has 0 aliphatic heterocycles. The van der Waals surface area contributed by atoms with Crippen LogP contribution in [-0.4, -0.2) is 40.0 Å². The minimum atomic E-state index is -0.585. The minimum Gasteiger partial charge on any atom is -0.344 e. The second kappa shape index (κ2) is 7.04. The molecule has 0 aliphatic rings. The third-order valence-corrected chi connectivity index (χ3v) is 3.28. The van der Waals surface area contributed by atoms with Crippen molar-refractivity contribution in [2.75, 3.05) is 13.6 Å². The molecule has 7 nitrogen and oxygen atoms in total. The second-order valence-electron chi connectivity index (χ2n) is 5.25. The van der Waals surface area contributed by atoms with Crippen molar-refractivity contribution in [2.24, 2.45) is 11.7 Å². The highest BCUT2D eigenvalue weighted by molar-refractivity contribution is 5.75. The maximum atomic E-state index is 12.0. The molecule has 1 heterocycles. The Morgan fingerprint density at radius 1 is 1.45 bits per heavy atom. The Morgan fingerprint density at radius 3 is 2.65 bits per heavy atom. The first kappa shape index (κ1) is 16.2.